The van der Waals surface area contributed by atoms with E-state index in [1.807, 2.05) is 42.5 Å². The average molecular weight is 339 g/mol. The van der Waals surface area contributed by atoms with Crippen molar-refractivity contribution in [2.45, 2.75) is 26.3 Å². The summed E-state index contributed by atoms with van der Waals surface area (Å²) in [7, 11) is 0. The van der Waals surface area contributed by atoms with Gasteiger partial charge in [0.1, 0.15) is 0 Å². The van der Waals surface area contributed by atoms with Crippen molar-refractivity contribution >= 4 is 28.3 Å². The summed E-state index contributed by atoms with van der Waals surface area (Å²) < 4.78 is 0. The number of carbonyl (C=O) groups excluding carboxylic acids is 2. The summed E-state index contributed by atoms with van der Waals surface area (Å²) >= 11 is 0. The first-order valence-electron chi connectivity index (χ1n) is 8.85. The van der Waals surface area contributed by atoms with E-state index < -0.39 is 0 Å². The van der Waals surface area contributed by atoms with E-state index in [9.17, 15) is 9.59 Å². The minimum atomic E-state index is -0.211. The van der Waals surface area contributed by atoms with Crippen LogP contribution in [0.2, 0.25) is 0 Å². The number of hydrogen-bond acceptors (Lipinski definition) is 3. The predicted molar refractivity (Wildman–Crippen MR) is 100 cm³/mol. The zero-order valence-corrected chi connectivity index (χ0v) is 14.7. The topological polar surface area (TPSA) is 70.2 Å². The first kappa shape index (κ1) is 17.4. The van der Waals surface area contributed by atoms with E-state index in [0.29, 0.717) is 5.92 Å². The molecule has 2 unspecified atom stereocenters. The minimum absolute atomic E-state index is 0.0105. The first-order chi connectivity index (χ1) is 12.1. The van der Waals surface area contributed by atoms with Crippen LogP contribution in [-0.2, 0) is 9.59 Å². The Morgan fingerprint density at radius 1 is 1.16 bits per heavy atom. The van der Waals surface area contributed by atoms with Crippen LogP contribution in [0.1, 0.15) is 20.3 Å². The fourth-order valence-corrected chi connectivity index (χ4v) is 3.55. The van der Waals surface area contributed by atoms with Gasteiger partial charge in [-0.3, -0.25) is 9.59 Å². The molecule has 1 heterocycles. The van der Waals surface area contributed by atoms with E-state index in [1.165, 1.54) is 0 Å². The number of rotatable bonds is 5. The summed E-state index contributed by atoms with van der Waals surface area (Å²) in [4.78, 5) is 24.6. The molecule has 5 heteroatoms. The Labute approximate surface area is 148 Å². The molecule has 1 fully saturated rings. The molecular formula is C20H25N3O2. The van der Waals surface area contributed by atoms with Crippen molar-refractivity contribution in [1.82, 2.24) is 10.6 Å². The van der Waals surface area contributed by atoms with Gasteiger partial charge in [0.25, 0.3) is 0 Å². The second-order valence-corrected chi connectivity index (χ2v) is 6.91. The van der Waals surface area contributed by atoms with Crippen LogP contribution in [0.5, 0.6) is 0 Å². The molecule has 3 N–H and O–H groups in total. The molecule has 0 aromatic heterocycles. The Hall–Kier alpha value is -2.40. The number of carbonyl (C=O) groups is 2. The Bertz CT molecular complexity index is 767. The molecule has 2 aromatic carbocycles. The maximum Gasteiger partial charge on any atom is 0.243 e. The number of hydrogen-bond donors (Lipinski definition) is 3. The summed E-state index contributed by atoms with van der Waals surface area (Å²) in [5.41, 5.74) is 0.764. The van der Waals surface area contributed by atoms with Crippen LogP contribution in [0.3, 0.4) is 0 Å². The molecule has 5 nitrogen and oxygen atoms in total. The lowest BCUT2D eigenvalue weighted by Gasteiger charge is -2.22. The third kappa shape index (κ3) is 3.99. The Balaban J connectivity index is 1.58. The molecule has 1 aliphatic rings. The molecule has 2 atom stereocenters. The molecule has 0 aliphatic carbocycles. The van der Waals surface area contributed by atoms with Gasteiger partial charge in [0.2, 0.25) is 11.8 Å². The monoisotopic (exact) mass is 339 g/mol. The number of nitrogens with one attached hydrogen (secondary N) is 3. The fraction of sp³-hybridized carbons (Fsp3) is 0.400. The van der Waals surface area contributed by atoms with Crippen LogP contribution in [0.4, 0.5) is 5.69 Å². The van der Waals surface area contributed by atoms with Crippen molar-refractivity contribution in [2.24, 2.45) is 11.8 Å². The zero-order valence-electron chi connectivity index (χ0n) is 14.7. The number of fused-ring (bicyclic) bond motifs is 1. The summed E-state index contributed by atoms with van der Waals surface area (Å²) in [6.45, 7) is 5.06. The van der Waals surface area contributed by atoms with E-state index >= 15 is 0 Å². The van der Waals surface area contributed by atoms with Crippen LogP contribution in [0.25, 0.3) is 10.8 Å². The highest BCUT2D eigenvalue weighted by Gasteiger charge is 2.34. The van der Waals surface area contributed by atoms with Gasteiger partial charge in [0, 0.05) is 17.1 Å². The largest absolute Gasteiger partial charge is 0.347 e. The van der Waals surface area contributed by atoms with Crippen LogP contribution in [-0.4, -0.2) is 30.9 Å². The number of amides is 2. The smallest absolute Gasteiger partial charge is 0.243 e. The van der Waals surface area contributed by atoms with Crippen LogP contribution < -0.4 is 16.0 Å². The third-order valence-corrected chi connectivity index (χ3v) is 4.81. The van der Waals surface area contributed by atoms with Crippen molar-refractivity contribution in [1.29, 1.82) is 0 Å². The molecule has 1 aliphatic heterocycles. The van der Waals surface area contributed by atoms with Crippen molar-refractivity contribution in [3.63, 3.8) is 0 Å². The molecular weight excluding hydrogens is 314 g/mol. The summed E-state index contributed by atoms with van der Waals surface area (Å²) in [6, 6.07) is 13.9. The Morgan fingerprint density at radius 2 is 1.92 bits per heavy atom. The van der Waals surface area contributed by atoms with Gasteiger partial charge in [0.05, 0.1) is 12.5 Å². The molecule has 2 aromatic rings. The van der Waals surface area contributed by atoms with Crippen molar-refractivity contribution < 1.29 is 9.59 Å². The summed E-state index contributed by atoms with van der Waals surface area (Å²) in [5, 5.41) is 11.1. The highest BCUT2D eigenvalue weighted by Crippen LogP contribution is 2.23. The summed E-state index contributed by atoms with van der Waals surface area (Å²) in [5.74, 6) is 0.0710. The van der Waals surface area contributed by atoms with E-state index in [1.54, 1.807) is 0 Å². The highest BCUT2D eigenvalue weighted by molar-refractivity contribution is 6.03. The van der Waals surface area contributed by atoms with Crippen LogP contribution in [0, 0.1) is 11.8 Å². The first-order valence-corrected chi connectivity index (χ1v) is 8.85. The van der Waals surface area contributed by atoms with E-state index in [-0.39, 0.29) is 30.3 Å². The fourth-order valence-electron chi connectivity index (χ4n) is 3.55. The van der Waals surface area contributed by atoms with Gasteiger partial charge in [0.15, 0.2) is 0 Å². The second kappa shape index (κ2) is 7.66. The van der Waals surface area contributed by atoms with Crippen LogP contribution in [0.15, 0.2) is 42.5 Å². The van der Waals surface area contributed by atoms with Crippen molar-refractivity contribution in [2.75, 3.05) is 18.4 Å². The molecule has 0 bridgehead atoms. The van der Waals surface area contributed by atoms with Gasteiger partial charge in [-0.1, -0.05) is 50.2 Å². The summed E-state index contributed by atoms with van der Waals surface area (Å²) in [6.07, 6.45) is 0.819. The average Bonchev–Trinajstić information content (AvgIpc) is 3.10. The van der Waals surface area contributed by atoms with E-state index in [2.05, 4.69) is 29.8 Å². The zero-order chi connectivity index (χ0) is 17.8. The molecule has 2 amide bonds. The Morgan fingerprint density at radius 3 is 2.72 bits per heavy atom. The molecule has 1 saturated heterocycles. The number of anilines is 1. The van der Waals surface area contributed by atoms with Crippen molar-refractivity contribution in [3.8, 4) is 0 Å². The SMILES string of the molecule is CC(C)C1NCCC1C(=O)NCC(=O)Nc1cccc2ccccc12. The van der Waals surface area contributed by atoms with Gasteiger partial charge in [-0.2, -0.15) is 0 Å². The second-order valence-electron chi connectivity index (χ2n) is 6.91. The van der Waals surface area contributed by atoms with Gasteiger partial charge in [-0.05, 0) is 30.3 Å². The van der Waals surface area contributed by atoms with E-state index in [4.69, 9.17) is 0 Å². The Kier molecular flexibility index (Phi) is 5.34. The quantitative estimate of drug-likeness (QED) is 0.784. The maximum absolute atomic E-state index is 12.4. The number of benzene rings is 2. The third-order valence-electron chi connectivity index (χ3n) is 4.81. The van der Waals surface area contributed by atoms with Gasteiger partial charge < -0.3 is 16.0 Å². The predicted octanol–water partition coefficient (Wildman–Crippen LogP) is 2.53. The molecule has 0 saturated carbocycles. The molecule has 0 spiro atoms. The minimum Gasteiger partial charge on any atom is -0.347 e. The standard InChI is InChI=1S/C20H25N3O2/c1-13(2)19-16(10-11-21-19)20(25)22-12-18(24)23-17-9-5-7-14-6-3-4-8-15(14)17/h3-9,13,16,19,21H,10-12H2,1-2H3,(H,22,25)(H,23,24). The van der Waals surface area contributed by atoms with Crippen LogP contribution >= 0.6 is 0 Å². The van der Waals surface area contributed by atoms with Gasteiger partial charge in [-0.25, -0.2) is 0 Å². The molecule has 0 radical (unpaired) electrons. The molecule has 3 rings (SSSR count). The van der Waals surface area contributed by atoms with E-state index in [0.717, 1.165) is 29.4 Å². The lowest BCUT2D eigenvalue weighted by molar-refractivity contribution is -0.127. The maximum atomic E-state index is 12.4. The lowest BCUT2D eigenvalue weighted by Crippen LogP contribution is -2.43. The van der Waals surface area contributed by atoms with Gasteiger partial charge in [-0.15, -0.1) is 0 Å². The highest BCUT2D eigenvalue weighted by atomic mass is 16.2. The molecule has 25 heavy (non-hydrogen) atoms. The molecule has 132 valence electrons. The van der Waals surface area contributed by atoms with Crippen molar-refractivity contribution in [3.05, 3.63) is 42.5 Å². The lowest BCUT2D eigenvalue weighted by atomic mass is 9.91. The normalized spacial score (nSPS) is 20.0. The van der Waals surface area contributed by atoms with Gasteiger partial charge >= 0.3 is 0 Å².